The lowest BCUT2D eigenvalue weighted by molar-refractivity contribution is -0.277. The highest BCUT2D eigenvalue weighted by molar-refractivity contribution is 5.93. The fraction of sp³-hybridized carbons (Fsp3) is 0.348. The SMILES string of the molecule is COc1cc(-c2oc3c(O)c(O)cc(O)c3c(=O)c2OC2OC(CO)C(O)C(O)C2O)cc(OC)c1O. The van der Waals surface area contributed by atoms with Gasteiger partial charge in [0.15, 0.2) is 28.6 Å². The van der Waals surface area contributed by atoms with E-state index in [1.54, 1.807) is 0 Å². The molecule has 0 radical (unpaired) electrons. The van der Waals surface area contributed by atoms with E-state index in [-0.39, 0.29) is 17.1 Å². The normalized spacial score (nSPS) is 23.7. The maximum absolute atomic E-state index is 13.5. The molecule has 1 aromatic heterocycles. The van der Waals surface area contributed by atoms with Gasteiger partial charge in [-0.15, -0.1) is 0 Å². The van der Waals surface area contributed by atoms with Crippen molar-refractivity contribution in [3.63, 3.8) is 0 Å². The van der Waals surface area contributed by atoms with Gasteiger partial charge in [0.05, 0.1) is 20.8 Å². The molecule has 2 aromatic carbocycles. The highest BCUT2D eigenvalue weighted by Crippen LogP contribution is 2.46. The molecule has 0 amide bonds. The Morgan fingerprint density at radius 1 is 0.865 bits per heavy atom. The van der Waals surface area contributed by atoms with Crippen LogP contribution in [-0.2, 0) is 4.74 Å². The first-order chi connectivity index (χ1) is 17.5. The summed E-state index contributed by atoms with van der Waals surface area (Å²) in [5, 5.41) is 80.3. The van der Waals surface area contributed by atoms with E-state index in [1.165, 1.54) is 26.4 Å². The third kappa shape index (κ3) is 4.30. The zero-order valence-corrected chi connectivity index (χ0v) is 19.4. The van der Waals surface area contributed by atoms with Crippen LogP contribution in [0.3, 0.4) is 0 Å². The van der Waals surface area contributed by atoms with Crippen molar-refractivity contribution in [2.45, 2.75) is 30.7 Å². The van der Waals surface area contributed by atoms with Crippen molar-refractivity contribution in [3.8, 4) is 51.6 Å². The molecular formula is C23H24O14. The second-order valence-corrected chi connectivity index (χ2v) is 8.10. The highest BCUT2D eigenvalue weighted by atomic mass is 16.7. The number of hydrogen-bond acceptors (Lipinski definition) is 14. The summed E-state index contributed by atoms with van der Waals surface area (Å²) in [6, 6.07) is 3.11. The van der Waals surface area contributed by atoms with Crippen LogP contribution in [0, 0.1) is 0 Å². The Balaban J connectivity index is 2.00. The van der Waals surface area contributed by atoms with Gasteiger partial charge in [-0.2, -0.15) is 0 Å². The van der Waals surface area contributed by atoms with Crippen molar-refractivity contribution in [3.05, 3.63) is 28.4 Å². The van der Waals surface area contributed by atoms with Crippen LogP contribution in [0.5, 0.6) is 40.2 Å². The van der Waals surface area contributed by atoms with Crippen LogP contribution in [0.2, 0.25) is 0 Å². The van der Waals surface area contributed by atoms with Crippen molar-refractivity contribution >= 4 is 11.0 Å². The van der Waals surface area contributed by atoms with Gasteiger partial charge < -0.3 is 64.2 Å². The molecule has 5 unspecified atom stereocenters. The fourth-order valence-corrected chi connectivity index (χ4v) is 3.91. The molecule has 1 fully saturated rings. The number of benzene rings is 2. The number of hydrogen-bond donors (Lipinski definition) is 8. The fourth-order valence-electron chi connectivity index (χ4n) is 3.91. The topological polar surface area (TPSA) is 229 Å². The van der Waals surface area contributed by atoms with Crippen molar-refractivity contribution in [1.82, 2.24) is 0 Å². The largest absolute Gasteiger partial charge is 0.507 e. The molecule has 1 saturated heterocycles. The van der Waals surface area contributed by atoms with Crippen LogP contribution in [0.4, 0.5) is 0 Å². The van der Waals surface area contributed by atoms with Crippen molar-refractivity contribution in [1.29, 1.82) is 0 Å². The molecular weight excluding hydrogens is 500 g/mol. The molecule has 2 heterocycles. The molecule has 4 rings (SSSR count). The van der Waals surface area contributed by atoms with E-state index in [2.05, 4.69) is 0 Å². The smallest absolute Gasteiger partial charge is 0.239 e. The van der Waals surface area contributed by atoms with Crippen LogP contribution in [0.25, 0.3) is 22.3 Å². The van der Waals surface area contributed by atoms with Gasteiger partial charge in [-0.25, -0.2) is 0 Å². The summed E-state index contributed by atoms with van der Waals surface area (Å²) in [4.78, 5) is 13.5. The Hall–Kier alpha value is -3.95. The molecule has 0 aliphatic carbocycles. The van der Waals surface area contributed by atoms with Gasteiger partial charge in [0.1, 0.15) is 35.6 Å². The number of aliphatic hydroxyl groups is 4. The van der Waals surface area contributed by atoms with Crippen LogP contribution < -0.4 is 19.6 Å². The van der Waals surface area contributed by atoms with E-state index >= 15 is 0 Å². The Morgan fingerprint density at radius 3 is 2.05 bits per heavy atom. The lowest BCUT2D eigenvalue weighted by Crippen LogP contribution is -2.60. The van der Waals surface area contributed by atoms with Crippen molar-refractivity contribution < 1.29 is 64.2 Å². The maximum atomic E-state index is 13.5. The molecule has 200 valence electrons. The highest BCUT2D eigenvalue weighted by Gasteiger charge is 2.45. The Kier molecular flexibility index (Phi) is 6.94. The minimum absolute atomic E-state index is 0.0349. The molecule has 37 heavy (non-hydrogen) atoms. The molecule has 3 aromatic rings. The summed E-state index contributed by atoms with van der Waals surface area (Å²) in [6.07, 6.45) is -8.66. The summed E-state index contributed by atoms with van der Waals surface area (Å²) in [6.45, 7) is -0.774. The van der Waals surface area contributed by atoms with Gasteiger partial charge >= 0.3 is 0 Å². The van der Waals surface area contributed by atoms with Gasteiger partial charge in [-0.05, 0) is 12.1 Å². The van der Waals surface area contributed by atoms with E-state index in [0.717, 1.165) is 0 Å². The van der Waals surface area contributed by atoms with E-state index in [1.807, 2.05) is 0 Å². The Labute approximate surface area is 207 Å². The quantitative estimate of drug-likeness (QED) is 0.150. The predicted octanol–water partition coefficient (Wildman–Crippen LogP) is -0.522. The first kappa shape index (κ1) is 26.1. The number of aromatic hydroxyl groups is 4. The van der Waals surface area contributed by atoms with Gasteiger partial charge in [0.25, 0.3) is 0 Å². The summed E-state index contributed by atoms with van der Waals surface area (Å²) in [7, 11) is 2.48. The zero-order valence-electron chi connectivity index (χ0n) is 19.4. The van der Waals surface area contributed by atoms with Gasteiger partial charge in [0.2, 0.25) is 29.0 Å². The van der Waals surface area contributed by atoms with Crippen LogP contribution >= 0.6 is 0 Å². The Morgan fingerprint density at radius 2 is 1.49 bits per heavy atom. The number of methoxy groups -OCH3 is 2. The number of aliphatic hydroxyl groups excluding tert-OH is 4. The molecule has 1 aliphatic rings. The van der Waals surface area contributed by atoms with Crippen LogP contribution in [0.15, 0.2) is 27.4 Å². The van der Waals surface area contributed by atoms with Gasteiger partial charge in [-0.1, -0.05) is 0 Å². The maximum Gasteiger partial charge on any atom is 0.239 e. The van der Waals surface area contributed by atoms with Crippen LogP contribution in [0.1, 0.15) is 0 Å². The molecule has 14 nitrogen and oxygen atoms in total. The lowest BCUT2D eigenvalue weighted by atomic mass is 9.99. The monoisotopic (exact) mass is 524 g/mol. The first-order valence-corrected chi connectivity index (χ1v) is 10.7. The summed E-state index contributed by atoms with van der Waals surface area (Å²) in [5.41, 5.74) is -1.77. The van der Waals surface area contributed by atoms with E-state index in [0.29, 0.717) is 6.07 Å². The second kappa shape index (κ2) is 9.84. The second-order valence-electron chi connectivity index (χ2n) is 8.10. The molecule has 0 spiro atoms. The average Bonchev–Trinajstić information content (AvgIpc) is 2.88. The van der Waals surface area contributed by atoms with Gasteiger partial charge in [-0.3, -0.25) is 4.79 Å². The van der Waals surface area contributed by atoms with E-state index in [4.69, 9.17) is 23.4 Å². The predicted molar refractivity (Wildman–Crippen MR) is 122 cm³/mol. The molecule has 0 saturated carbocycles. The van der Waals surface area contributed by atoms with E-state index in [9.17, 15) is 45.6 Å². The molecule has 0 bridgehead atoms. The molecule has 1 aliphatic heterocycles. The van der Waals surface area contributed by atoms with Crippen molar-refractivity contribution in [2.24, 2.45) is 0 Å². The minimum atomic E-state index is -1.91. The standard InChI is InChI=1S/C23H24O14/c1-33-10-3-7(4-11(34-2)15(10)28)20-22(37-23-19(32)18(31)16(29)12(6-24)35-23)17(30)13-8(25)5-9(26)14(27)21(13)36-20/h3-5,12,16,18-19,23-29,31-32H,6H2,1-2H3. The summed E-state index contributed by atoms with van der Waals surface area (Å²) >= 11 is 0. The number of rotatable bonds is 6. The first-order valence-electron chi connectivity index (χ1n) is 10.7. The number of ether oxygens (including phenoxy) is 4. The van der Waals surface area contributed by atoms with Gasteiger partial charge in [0, 0.05) is 11.6 Å². The zero-order chi connectivity index (χ0) is 27.2. The minimum Gasteiger partial charge on any atom is -0.507 e. The van der Waals surface area contributed by atoms with E-state index < -0.39 is 88.2 Å². The lowest BCUT2D eigenvalue weighted by Gasteiger charge is -2.39. The molecule has 8 N–H and O–H groups in total. The van der Waals surface area contributed by atoms with Crippen LogP contribution in [-0.4, -0.2) is 92.4 Å². The number of phenolic OH excluding ortho intramolecular Hbond substituents is 4. The summed E-state index contributed by atoms with van der Waals surface area (Å²) < 4.78 is 26.8. The number of phenols is 4. The summed E-state index contributed by atoms with van der Waals surface area (Å²) in [5.74, 6) is -4.31. The third-order valence-electron chi connectivity index (χ3n) is 5.88. The molecule has 14 heteroatoms. The third-order valence-corrected chi connectivity index (χ3v) is 5.88. The Bertz CT molecular complexity index is 1360. The van der Waals surface area contributed by atoms with Crippen molar-refractivity contribution in [2.75, 3.05) is 20.8 Å². The number of fused-ring (bicyclic) bond motifs is 1. The average molecular weight is 524 g/mol. The molecule has 5 atom stereocenters.